The number of amides is 1. The molecule has 1 heterocycles. The number of hydrogen-bond acceptors (Lipinski definition) is 5. The fourth-order valence-corrected chi connectivity index (χ4v) is 2.63. The first kappa shape index (κ1) is 17.8. The molecule has 0 saturated heterocycles. The summed E-state index contributed by atoms with van der Waals surface area (Å²) in [4.78, 5) is 24.5. The van der Waals surface area contributed by atoms with E-state index in [1.54, 1.807) is 25.1 Å². The molecule has 0 aromatic heterocycles. The zero-order valence-corrected chi connectivity index (χ0v) is 15.0. The largest absolute Gasteiger partial charge is 0.454 e. The van der Waals surface area contributed by atoms with Gasteiger partial charge in [0.15, 0.2) is 17.6 Å². The van der Waals surface area contributed by atoms with E-state index in [9.17, 15) is 9.59 Å². The van der Waals surface area contributed by atoms with Gasteiger partial charge in [0.2, 0.25) is 6.79 Å². The van der Waals surface area contributed by atoms with E-state index in [1.165, 1.54) is 0 Å². The van der Waals surface area contributed by atoms with Crippen molar-refractivity contribution in [3.05, 3.63) is 58.7 Å². The molecule has 6 nitrogen and oxygen atoms in total. The van der Waals surface area contributed by atoms with Crippen LogP contribution in [0.15, 0.2) is 36.4 Å². The van der Waals surface area contributed by atoms with E-state index >= 15 is 0 Å². The van der Waals surface area contributed by atoms with Crippen LogP contribution in [0.2, 0.25) is 0 Å². The summed E-state index contributed by atoms with van der Waals surface area (Å²) in [5.74, 6) is 0.486. The van der Waals surface area contributed by atoms with Crippen LogP contribution in [0.3, 0.4) is 0 Å². The van der Waals surface area contributed by atoms with Crippen molar-refractivity contribution in [1.82, 2.24) is 5.32 Å². The fraction of sp³-hybridized carbons (Fsp3) is 0.300. The highest BCUT2D eigenvalue weighted by Gasteiger charge is 2.20. The molecule has 1 aliphatic rings. The number of aryl methyl sites for hydroxylation is 1. The summed E-state index contributed by atoms with van der Waals surface area (Å²) in [7, 11) is 0. The van der Waals surface area contributed by atoms with Gasteiger partial charge in [-0.3, -0.25) is 4.79 Å². The lowest BCUT2D eigenvalue weighted by molar-refractivity contribution is -0.129. The molecule has 3 rings (SSSR count). The van der Waals surface area contributed by atoms with Gasteiger partial charge in [-0.2, -0.15) is 0 Å². The van der Waals surface area contributed by atoms with Crippen molar-refractivity contribution in [3.8, 4) is 11.5 Å². The number of benzene rings is 2. The highest BCUT2D eigenvalue weighted by molar-refractivity contribution is 5.93. The molecule has 1 N–H and O–H groups in total. The van der Waals surface area contributed by atoms with Gasteiger partial charge in [-0.05, 0) is 55.7 Å². The molecule has 0 fully saturated rings. The molecule has 136 valence electrons. The van der Waals surface area contributed by atoms with E-state index in [0.29, 0.717) is 23.6 Å². The second-order valence-corrected chi connectivity index (χ2v) is 6.20. The minimum absolute atomic E-state index is 0.205. The van der Waals surface area contributed by atoms with Crippen molar-refractivity contribution in [2.24, 2.45) is 0 Å². The first-order chi connectivity index (χ1) is 12.5. The van der Waals surface area contributed by atoms with Crippen LogP contribution in [0.25, 0.3) is 0 Å². The lowest BCUT2D eigenvalue weighted by Gasteiger charge is -2.15. The Morgan fingerprint density at radius 3 is 2.73 bits per heavy atom. The number of hydrogen-bond donors (Lipinski definition) is 1. The lowest BCUT2D eigenvalue weighted by Crippen LogP contribution is -2.35. The van der Waals surface area contributed by atoms with Gasteiger partial charge in [0.1, 0.15) is 0 Å². The number of carbonyl (C=O) groups excluding carboxylic acids is 2. The van der Waals surface area contributed by atoms with Crippen molar-refractivity contribution in [3.63, 3.8) is 0 Å². The molecule has 0 aliphatic carbocycles. The minimum atomic E-state index is -0.892. The Kier molecular flexibility index (Phi) is 5.11. The van der Waals surface area contributed by atoms with Crippen LogP contribution in [0.4, 0.5) is 0 Å². The highest BCUT2D eigenvalue weighted by atomic mass is 16.7. The van der Waals surface area contributed by atoms with Gasteiger partial charge in [-0.1, -0.05) is 18.2 Å². The summed E-state index contributed by atoms with van der Waals surface area (Å²) < 4.78 is 15.9. The van der Waals surface area contributed by atoms with Crippen LogP contribution < -0.4 is 14.8 Å². The predicted octanol–water partition coefficient (Wildman–Crippen LogP) is 2.89. The predicted molar refractivity (Wildman–Crippen MR) is 95.2 cm³/mol. The quantitative estimate of drug-likeness (QED) is 0.835. The second-order valence-electron chi connectivity index (χ2n) is 6.20. The zero-order valence-electron chi connectivity index (χ0n) is 15.0. The van der Waals surface area contributed by atoms with Crippen LogP contribution >= 0.6 is 0 Å². The summed E-state index contributed by atoms with van der Waals surface area (Å²) in [6.07, 6.45) is -0.892. The number of esters is 1. The van der Waals surface area contributed by atoms with Crippen LogP contribution in [0.5, 0.6) is 11.5 Å². The average Bonchev–Trinajstić information content (AvgIpc) is 3.09. The Morgan fingerprint density at radius 1 is 1.15 bits per heavy atom. The van der Waals surface area contributed by atoms with E-state index in [-0.39, 0.29) is 12.7 Å². The first-order valence-corrected chi connectivity index (χ1v) is 8.39. The number of carbonyl (C=O) groups is 2. The maximum absolute atomic E-state index is 12.3. The van der Waals surface area contributed by atoms with Gasteiger partial charge in [0.05, 0.1) is 5.56 Å². The lowest BCUT2D eigenvalue weighted by atomic mass is 10.0. The molecule has 0 bridgehead atoms. The van der Waals surface area contributed by atoms with Crippen LogP contribution in [-0.4, -0.2) is 24.8 Å². The summed E-state index contributed by atoms with van der Waals surface area (Å²) >= 11 is 0. The summed E-state index contributed by atoms with van der Waals surface area (Å²) in [5.41, 5.74) is 3.20. The van der Waals surface area contributed by atoms with E-state index in [2.05, 4.69) is 5.32 Å². The molecule has 2 aromatic carbocycles. The molecular formula is C20H21NO5. The summed E-state index contributed by atoms with van der Waals surface area (Å²) in [6.45, 7) is 5.85. The second kappa shape index (κ2) is 7.47. The molecular weight excluding hydrogens is 334 g/mol. The monoisotopic (exact) mass is 355 g/mol. The van der Waals surface area contributed by atoms with Crippen molar-refractivity contribution >= 4 is 11.9 Å². The van der Waals surface area contributed by atoms with Crippen LogP contribution in [0, 0.1) is 13.8 Å². The Morgan fingerprint density at radius 2 is 1.92 bits per heavy atom. The van der Waals surface area contributed by atoms with E-state index < -0.39 is 12.1 Å². The van der Waals surface area contributed by atoms with Gasteiger partial charge in [0, 0.05) is 6.54 Å². The van der Waals surface area contributed by atoms with Gasteiger partial charge < -0.3 is 19.5 Å². The molecule has 0 saturated carbocycles. The van der Waals surface area contributed by atoms with Gasteiger partial charge >= 0.3 is 5.97 Å². The Bertz CT molecular complexity index is 846. The molecule has 26 heavy (non-hydrogen) atoms. The first-order valence-electron chi connectivity index (χ1n) is 8.39. The van der Waals surface area contributed by atoms with Crippen molar-refractivity contribution in [2.75, 3.05) is 6.79 Å². The normalized spacial score (nSPS) is 13.2. The van der Waals surface area contributed by atoms with E-state index in [4.69, 9.17) is 14.2 Å². The van der Waals surface area contributed by atoms with E-state index in [0.717, 1.165) is 16.7 Å². The Labute approximate surface area is 152 Å². The van der Waals surface area contributed by atoms with Gasteiger partial charge in [0.25, 0.3) is 5.91 Å². The molecule has 6 heteroatoms. The van der Waals surface area contributed by atoms with Crippen LogP contribution in [-0.2, 0) is 16.1 Å². The van der Waals surface area contributed by atoms with Gasteiger partial charge in [-0.25, -0.2) is 4.79 Å². The van der Waals surface area contributed by atoms with Crippen molar-refractivity contribution in [2.45, 2.75) is 33.4 Å². The maximum atomic E-state index is 12.3. The highest BCUT2D eigenvalue weighted by Crippen LogP contribution is 2.32. The smallest absolute Gasteiger partial charge is 0.339 e. The fourth-order valence-electron chi connectivity index (χ4n) is 2.63. The molecule has 1 amide bonds. The average molecular weight is 355 g/mol. The maximum Gasteiger partial charge on any atom is 0.339 e. The third kappa shape index (κ3) is 3.79. The minimum Gasteiger partial charge on any atom is -0.454 e. The third-order valence-corrected chi connectivity index (χ3v) is 4.38. The molecule has 1 aliphatic heterocycles. The molecule has 0 radical (unpaired) electrons. The Hall–Kier alpha value is -3.02. The molecule has 2 aromatic rings. The third-order valence-electron chi connectivity index (χ3n) is 4.38. The molecule has 1 atom stereocenters. The number of nitrogens with one attached hydrogen (secondary N) is 1. The number of rotatable bonds is 5. The van der Waals surface area contributed by atoms with Crippen molar-refractivity contribution in [1.29, 1.82) is 0 Å². The van der Waals surface area contributed by atoms with Crippen LogP contribution in [0.1, 0.15) is 34.0 Å². The van der Waals surface area contributed by atoms with Crippen molar-refractivity contribution < 1.29 is 23.8 Å². The summed E-state index contributed by atoms with van der Waals surface area (Å²) in [6, 6.07) is 10.9. The van der Waals surface area contributed by atoms with Gasteiger partial charge in [-0.15, -0.1) is 0 Å². The SMILES string of the molecule is Cc1cccc(C(=O)O[C@H](C)C(=O)NCc2ccc3c(c2)OCO3)c1C. The number of ether oxygens (including phenoxy) is 3. The van der Waals surface area contributed by atoms with E-state index in [1.807, 2.05) is 32.0 Å². The number of fused-ring (bicyclic) bond motifs is 1. The standard InChI is InChI=1S/C20H21NO5/c1-12-5-4-6-16(13(12)2)20(23)26-14(3)19(22)21-10-15-7-8-17-18(9-15)25-11-24-17/h4-9,14H,10-11H2,1-3H3,(H,21,22)/t14-/m1/s1. The summed E-state index contributed by atoms with van der Waals surface area (Å²) in [5, 5.41) is 2.76. The topological polar surface area (TPSA) is 73.9 Å². The molecule has 0 spiro atoms. The zero-order chi connectivity index (χ0) is 18.7. The molecule has 0 unspecified atom stereocenters. The Balaban J connectivity index is 1.56.